The normalized spacial score (nSPS) is 8.64. The number of benzene rings is 1. The van der Waals surface area contributed by atoms with Gasteiger partial charge in [-0.05, 0) is 12.1 Å². The van der Waals surface area contributed by atoms with E-state index in [1.807, 2.05) is 0 Å². The van der Waals surface area contributed by atoms with Gasteiger partial charge in [0.05, 0.1) is 0 Å². The van der Waals surface area contributed by atoms with Crippen LogP contribution in [-0.2, 0) is 21.9 Å². The smallest absolute Gasteiger partial charge is 0.339 e. The third-order valence-corrected chi connectivity index (χ3v) is 1.37. The maximum absolute atomic E-state index is 10.6. The molecule has 5 heteroatoms. The predicted octanol–water partition coefficient (Wildman–Crippen LogP) is 1.31. The van der Waals surface area contributed by atoms with E-state index in [1.165, 1.54) is 19.1 Å². The molecule has 1 radical (unpaired) electrons. The summed E-state index contributed by atoms with van der Waals surface area (Å²) in [4.78, 5) is 21.2. The van der Waals surface area contributed by atoms with Crippen molar-refractivity contribution >= 4 is 11.9 Å². The molecular formula is C9H8CuO4. The number of aromatic carboxylic acids is 1. The van der Waals surface area contributed by atoms with Crippen LogP contribution >= 0.6 is 0 Å². The zero-order valence-electron chi connectivity index (χ0n) is 7.28. The Morgan fingerprint density at radius 3 is 2.36 bits per heavy atom. The SMILES string of the molecule is CC(=O)Oc1ccccc1C(=O)O.[Cu]. The molecule has 1 rings (SSSR count). The van der Waals surface area contributed by atoms with Crippen molar-refractivity contribution in [2.75, 3.05) is 0 Å². The van der Waals surface area contributed by atoms with Crippen LogP contribution in [0.5, 0.6) is 5.75 Å². The Labute approximate surface area is 91.4 Å². The van der Waals surface area contributed by atoms with Gasteiger partial charge in [0, 0.05) is 24.0 Å². The number of carboxylic acids is 1. The maximum Gasteiger partial charge on any atom is 0.339 e. The van der Waals surface area contributed by atoms with Gasteiger partial charge in [-0.2, -0.15) is 0 Å². The molecule has 0 heterocycles. The van der Waals surface area contributed by atoms with Gasteiger partial charge in [-0.25, -0.2) is 4.79 Å². The van der Waals surface area contributed by atoms with Crippen LogP contribution in [0.3, 0.4) is 0 Å². The Morgan fingerprint density at radius 2 is 1.86 bits per heavy atom. The van der Waals surface area contributed by atoms with E-state index < -0.39 is 11.9 Å². The summed E-state index contributed by atoms with van der Waals surface area (Å²) in [7, 11) is 0. The summed E-state index contributed by atoms with van der Waals surface area (Å²) in [5.74, 6) is -1.58. The number of carbonyl (C=O) groups excluding carboxylic acids is 1. The Balaban J connectivity index is 0.00000169. The summed E-state index contributed by atoms with van der Waals surface area (Å²) in [5, 5.41) is 8.69. The van der Waals surface area contributed by atoms with Crippen LogP contribution < -0.4 is 4.74 Å². The predicted molar refractivity (Wildman–Crippen MR) is 44.7 cm³/mol. The fourth-order valence-corrected chi connectivity index (χ4v) is 0.887. The standard InChI is InChI=1S/C9H8O4.Cu/c1-6(10)13-8-5-3-2-4-7(8)9(11)12;/h2-5H,1H3,(H,11,12);. The number of ether oxygens (including phenoxy) is 1. The van der Waals surface area contributed by atoms with Crippen LogP contribution in [-0.4, -0.2) is 17.0 Å². The minimum Gasteiger partial charge on any atom is -0.478 e. The third kappa shape index (κ3) is 3.20. The Kier molecular flexibility index (Phi) is 4.91. The van der Waals surface area contributed by atoms with Crippen molar-refractivity contribution in [1.29, 1.82) is 0 Å². The monoisotopic (exact) mass is 243 g/mol. The first-order valence-corrected chi connectivity index (χ1v) is 3.62. The van der Waals surface area contributed by atoms with E-state index in [4.69, 9.17) is 5.11 Å². The van der Waals surface area contributed by atoms with Crippen LogP contribution in [0.4, 0.5) is 0 Å². The number of carbonyl (C=O) groups is 2. The van der Waals surface area contributed by atoms with Crippen molar-refractivity contribution in [3.8, 4) is 5.75 Å². The van der Waals surface area contributed by atoms with E-state index in [1.54, 1.807) is 12.1 Å². The van der Waals surface area contributed by atoms with Gasteiger partial charge in [-0.3, -0.25) is 4.79 Å². The molecule has 0 bridgehead atoms. The second-order valence-electron chi connectivity index (χ2n) is 2.39. The fourth-order valence-electron chi connectivity index (χ4n) is 0.887. The molecule has 0 saturated carbocycles. The first-order chi connectivity index (χ1) is 6.11. The van der Waals surface area contributed by atoms with E-state index in [2.05, 4.69) is 4.74 Å². The molecule has 79 valence electrons. The molecular weight excluding hydrogens is 236 g/mol. The van der Waals surface area contributed by atoms with Gasteiger partial charge < -0.3 is 9.84 Å². The van der Waals surface area contributed by atoms with Gasteiger partial charge >= 0.3 is 11.9 Å². The molecule has 1 aromatic rings. The number of carboxylic acid groups (broad SMARTS) is 1. The van der Waals surface area contributed by atoms with E-state index in [-0.39, 0.29) is 28.4 Å². The summed E-state index contributed by atoms with van der Waals surface area (Å²) in [6.07, 6.45) is 0. The quantitative estimate of drug-likeness (QED) is 0.483. The molecule has 0 aliphatic heterocycles. The average Bonchev–Trinajstić information content (AvgIpc) is 2.03. The largest absolute Gasteiger partial charge is 0.478 e. The van der Waals surface area contributed by atoms with E-state index in [0.717, 1.165) is 0 Å². The second kappa shape index (κ2) is 5.42. The van der Waals surface area contributed by atoms with Crippen LogP contribution in [0.15, 0.2) is 24.3 Å². The number of rotatable bonds is 2. The molecule has 0 aliphatic rings. The molecule has 0 unspecified atom stereocenters. The van der Waals surface area contributed by atoms with Crippen molar-refractivity contribution < 1.29 is 36.5 Å². The van der Waals surface area contributed by atoms with E-state index in [9.17, 15) is 9.59 Å². The van der Waals surface area contributed by atoms with Crippen LogP contribution in [0.1, 0.15) is 17.3 Å². The van der Waals surface area contributed by atoms with E-state index in [0.29, 0.717) is 0 Å². The van der Waals surface area contributed by atoms with Gasteiger partial charge in [-0.15, -0.1) is 0 Å². The number of hydrogen-bond acceptors (Lipinski definition) is 3. The molecule has 0 atom stereocenters. The number of hydrogen-bond donors (Lipinski definition) is 1. The molecule has 1 aromatic carbocycles. The molecule has 0 saturated heterocycles. The summed E-state index contributed by atoms with van der Waals surface area (Å²) in [5.41, 5.74) is -0.0160. The number of esters is 1. The van der Waals surface area contributed by atoms with Crippen LogP contribution in [0.2, 0.25) is 0 Å². The molecule has 1 N–H and O–H groups in total. The average molecular weight is 244 g/mol. The zero-order valence-corrected chi connectivity index (χ0v) is 8.22. The van der Waals surface area contributed by atoms with Gasteiger partial charge in [0.25, 0.3) is 0 Å². The zero-order chi connectivity index (χ0) is 9.84. The first kappa shape index (κ1) is 12.7. The van der Waals surface area contributed by atoms with Crippen molar-refractivity contribution in [1.82, 2.24) is 0 Å². The molecule has 14 heavy (non-hydrogen) atoms. The van der Waals surface area contributed by atoms with Gasteiger partial charge in [-0.1, -0.05) is 12.1 Å². The van der Waals surface area contributed by atoms with Gasteiger partial charge in [0.15, 0.2) is 0 Å². The maximum atomic E-state index is 10.6. The van der Waals surface area contributed by atoms with Crippen LogP contribution in [0, 0.1) is 0 Å². The van der Waals surface area contributed by atoms with Gasteiger partial charge in [0.1, 0.15) is 11.3 Å². The third-order valence-electron chi connectivity index (χ3n) is 1.37. The molecule has 0 amide bonds. The van der Waals surface area contributed by atoms with Crippen molar-refractivity contribution in [3.05, 3.63) is 29.8 Å². The molecule has 0 spiro atoms. The second-order valence-corrected chi connectivity index (χ2v) is 2.39. The van der Waals surface area contributed by atoms with Gasteiger partial charge in [0.2, 0.25) is 0 Å². The van der Waals surface area contributed by atoms with Crippen LogP contribution in [0.25, 0.3) is 0 Å². The van der Waals surface area contributed by atoms with E-state index >= 15 is 0 Å². The van der Waals surface area contributed by atoms with Crippen molar-refractivity contribution in [2.24, 2.45) is 0 Å². The minimum absolute atomic E-state index is 0. The summed E-state index contributed by atoms with van der Waals surface area (Å²) < 4.78 is 4.69. The Morgan fingerprint density at radius 1 is 1.29 bits per heavy atom. The molecule has 0 aliphatic carbocycles. The fraction of sp³-hybridized carbons (Fsp3) is 0.111. The first-order valence-electron chi connectivity index (χ1n) is 3.62. The summed E-state index contributed by atoms with van der Waals surface area (Å²) in [6.45, 7) is 1.22. The molecule has 0 fully saturated rings. The molecule has 4 nitrogen and oxygen atoms in total. The van der Waals surface area contributed by atoms with Crippen molar-refractivity contribution in [2.45, 2.75) is 6.92 Å². The Bertz CT molecular complexity index is 348. The molecule has 0 aromatic heterocycles. The number of para-hydroxylation sites is 1. The minimum atomic E-state index is -1.11. The summed E-state index contributed by atoms with van der Waals surface area (Å²) in [6, 6.07) is 5.98. The van der Waals surface area contributed by atoms with Crippen molar-refractivity contribution in [3.63, 3.8) is 0 Å². The Hall–Kier alpha value is -1.32. The topological polar surface area (TPSA) is 63.6 Å². The summed E-state index contributed by atoms with van der Waals surface area (Å²) >= 11 is 0.